The van der Waals surface area contributed by atoms with E-state index in [1.54, 1.807) is 12.1 Å². The number of rotatable bonds is 8. The van der Waals surface area contributed by atoms with Crippen molar-refractivity contribution in [3.8, 4) is 0 Å². The molecule has 0 bridgehead atoms. The number of nitrogens with zero attached hydrogens (tertiary/aromatic N) is 1. The summed E-state index contributed by atoms with van der Waals surface area (Å²) < 4.78 is 92.4. The van der Waals surface area contributed by atoms with Gasteiger partial charge in [0.1, 0.15) is 6.54 Å². The predicted octanol–water partition coefficient (Wildman–Crippen LogP) is 5.33. The van der Waals surface area contributed by atoms with Gasteiger partial charge in [-0.3, -0.25) is 13.8 Å². The van der Waals surface area contributed by atoms with Crippen molar-refractivity contribution in [1.29, 1.82) is 0 Å². The maximum absolute atomic E-state index is 13.1. The maximum Gasteiger partial charge on any atom is 0.417 e. The average molecular weight is 641 g/mol. The van der Waals surface area contributed by atoms with Crippen molar-refractivity contribution in [2.45, 2.75) is 11.1 Å². The second-order valence-electron chi connectivity index (χ2n) is 7.62. The van der Waals surface area contributed by atoms with Gasteiger partial charge in [-0.15, -0.1) is 0 Å². The summed E-state index contributed by atoms with van der Waals surface area (Å²) in [6.45, 7) is -0.547. The Labute approximate surface area is 224 Å². The van der Waals surface area contributed by atoms with Crippen LogP contribution in [0, 0.1) is 0 Å². The first-order chi connectivity index (χ1) is 17.1. The fraction of sp³-hybridized carbons (Fsp3) is 0.136. The van der Waals surface area contributed by atoms with Crippen molar-refractivity contribution in [1.82, 2.24) is 0 Å². The third-order valence-electron chi connectivity index (χ3n) is 4.76. The first kappa shape index (κ1) is 28.8. The molecule has 3 aromatic carbocycles. The Kier molecular flexibility index (Phi) is 8.47. The molecule has 0 aromatic heterocycles. The van der Waals surface area contributed by atoms with E-state index in [9.17, 15) is 34.8 Å². The van der Waals surface area contributed by atoms with Gasteiger partial charge in [-0.2, -0.15) is 13.2 Å². The Morgan fingerprint density at radius 3 is 2.16 bits per heavy atom. The molecule has 0 aliphatic carbocycles. The van der Waals surface area contributed by atoms with E-state index in [4.69, 9.17) is 11.6 Å². The van der Waals surface area contributed by atoms with E-state index in [1.807, 2.05) is 4.72 Å². The third-order valence-corrected chi connectivity index (χ3v) is 8.12. The van der Waals surface area contributed by atoms with Gasteiger partial charge >= 0.3 is 6.18 Å². The average Bonchev–Trinajstić information content (AvgIpc) is 2.77. The Balaban J connectivity index is 1.73. The van der Waals surface area contributed by atoms with Crippen molar-refractivity contribution in [2.24, 2.45) is 0 Å². The van der Waals surface area contributed by atoms with Gasteiger partial charge in [0.25, 0.3) is 10.0 Å². The normalized spacial score (nSPS) is 12.2. The highest BCUT2D eigenvalue weighted by Crippen LogP contribution is 2.36. The summed E-state index contributed by atoms with van der Waals surface area (Å²) in [6, 6.07) is 13.7. The number of carbonyl (C=O) groups is 1. The molecule has 0 aliphatic rings. The molecule has 0 radical (unpaired) electrons. The smallest absolute Gasteiger partial charge is 0.325 e. The standard InChI is InChI=1S/C22H18BrClF3N3O5S2/c1-36(32,33)30(17-4-2-3-14(23)11-17)13-21(31)28-15-5-8-18(9-6-15)37(34,35)29-16-7-10-20(24)19(12-16)22(25,26)27/h2-12,29H,13H2,1H3,(H,28,31). The van der Waals surface area contributed by atoms with Gasteiger partial charge in [-0.25, -0.2) is 16.8 Å². The van der Waals surface area contributed by atoms with Crippen LogP contribution in [0.15, 0.2) is 76.1 Å². The second-order valence-corrected chi connectivity index (χ2v) is 12.5. The van der Waals surface area contributed by atoms with E-state index in [-0.39, 0.29) is 22.0 Å². The van der Waals surface area contributed by atoms with Crippen LogP contribution in [0.4, 0.5) is 30.2 Å². The van der Waals surface area contributed by atoms with Crippen LogP contribution < -0.4 is 14.3 Å². The number of hydrogen-bond acceptors (Lipinski definition) is 5. The number of halogens is 5. The molecule has 3 rings (SSSR count). The van der Waals surface area contributed by atoms with Gasteiger partial charge in [0.15, 0.2) is 0 Å². The molecule has 1 amide bonds. The van der Waals surface area contributed by atoms with Crippen LogP contribution in [-0.2, 0) is 31.0 Å². The molecule has 0 unspecified atom stereocenters. The Bertz CT molecular complexity index is 1530. The van der Waals surface area contributed by atoms with Gasteiger partial charge in [0, 0.05) is 15.8 Å². The predicted molar refractivity (Wildman–Crippen MR) is 139 cm³/mol. The molecular formula is C22H18BrClF3N3O5S2. The van der Waals surface area contributed by atoms with Crippen LogP contribution in [0.25, 0.3) is 0 Å². The zero-order valence-corrected chi connectivity index (χ0v) is 22.7. The maximum atomic E-state index is 13.1. The highest BCUT2D eigenvalue weighted by Gasteiger charge is 2.33. The van der Waals surface area contributed by atoms with Gasteiger partial charge in [-0.05, 0) is 60.7 Å². The van der Waals surface area contributed by atoms with Crippen LogP contribution in [0.3, 0.4) is 0 Å². The van der Waals surface area contributed by atoms with Gasteiger partial charge < -0.3 is 5.32 Å². The quantitative estimate of drug-likeness (QED) is 0.346. The van der Waals surface area contributed by atoms with E-state index in [0.29, 0.717) is 10.5 Å². The van der Waals surface area contributed by atoms with Crippen LogP contribution in [0.5, 0.6) is 0 Å². The molecule has 198 valence electrons. The first-order valence-electron chi connectivity index (χ1n) is 10.1. The molecule has 0 saturated carbocycles. The summed E-state index contributed by atoms with van der Waals surface area (Å²) in [4.78, 5) is 12.2. The Morgan fingerprint density at radius 1 is 0.973 bits per heavy atom. The molecule has 37 heavy (non-hydrogen) atoms. The fourth-order valence-corrected chi connectivity index (χ4v) is 5.61. The lowest BCUT2D eigenvalue weighted by atomic mass is 10.2. The molecule has 3 aromatic rings. The lowest BCUT2D eigenvalue weighted by Gasteiger charge is -2.22. The van der Waals surface area contributed by atoms with E-state index in [2.05, 4.69) is 21.2 Å². The summed E-state index contributed by atoms with van der Waals surface area (Å²) in [6.07, 6.45) is -3.83. The zero-order chi connectivity index (χ0) is 27.6. The van der Waals surface area contributed by atoms with Gasteiger partial charge in [-0.1, -0.05) is 33.6 Å². The highest BCUT2D eigenvalue weighted by atomic mass is 79.9. The van der Waals surface area contributed by atoms with Crippen molar-refractivity contribution in [2.75, 3.05) is 27.1 Å². The number of carbonyl (C=O) groups excluding carboxylic acids is 1. The molecule has 0 spiro atoms. The molecule has 2 N–H and O–H groups in total. The van der Waals surface area contributed by atoms with Crippen molar-refractivity contribution < 1.29 is 34.8 Å². The molecule has 0 aliphatic heterocycles. The molecule has 0 atom stereocenters. The minimum atomic E-state index is -4.78. The summed E-state index contributed by atoms with van der Waals surface area (Å²) in [5.41, 5.74) is -1.12. The zero-order valence-electron chi connectivity index (χ0n) is 18.8. The number of benzene rings is 3. The minimum absolute atomic E-state index is 0.164. The number of sulfonamides is 2. The fourth-order valence-electron chi connectivity index (χ4n) is 3.10. The van der Waals surface area contributed by atoms with E-state index in [0.717, 1.165) is 34.8 Å². The van der Waals surface area contributed by atoms with E-state index < -0.39 is 49.3 Å². The molecule has 8 nitrogen and oxygen atoms in total. The lowest BCUT2D eigenvalue weighted by molar-refractivity contribution is -0.137. The number of anilines is 3. The number of alkyl halides is 3. The Hall–Kier alpha value is -2.81. The van der Waals surface area contributed by atoms with Crippen molar-refractivity contribution in [3.05, 3.63) is 81.8 Å². The second kappa shape index (κ2) is 10.9. The topological polar surface area (TPSA) is 113 Å². The number of nitrogens with one attached hydrogen (secondary N) is 2. The van der Waals surface area contributed by atoms with Gasteiger partial charge in [0.2, 0.25) is 15.9 Å². The largest absolute Gasteiger partial charge is 0.417 e. The van der Waals surface area contributed by atoms with E-state index in [1.165, 1.54) is 24.3 Å². The molecule has 0 saturated heterocycles. The van der Waals surface area contributed by atoms with Crippen molar-refractivity contribution in [3.63, 3.8) is 0 Å². The summed E-state index contributed by atoms with van der Waals surface area (Å²) in [5.74, 6) is -0.694. The van der Waals surface area contributed by atoms with Crippen LogP contribution >= 0.6 is 27.5 Å². The summed E-state index contributed by atoms with van der Waals surface area (Å²) in [5, 5.41) is 1.90. The summed E-state index contributed by atoms with van der Waals surface area (Å²) >= 11 is 8.80. The molecule has 0 heterocycles. The molecular weight excluding hydrogens is 623 g/mol. The number of amides is 1. The van der Waals surface area contributed by atoms with Crippen LogP contribution in [-0.4, -0.2) is 35.5 Å². The Morgan fingerprint density at radius 2 is 1.59 bits per heavy atom. The SMILES string of the molecule is CS(=O)(=O)N(CC(=O)Nc1ccc(S(=O)(=O)Nc2ccc(Cl)c(C(F)(F)F)c2)cc1)c1cccc(Br)c1. The highest BCUT2D eigenvalue weighted by molar-refractivity contribution is 9.10. The first-order valence-corrected chi connectivity index (χ1v) is 14.6. The minimum Gasteiger partial charge on any atom is -0.325 e. The third kappa shape index (κ3) is 7.60. The van der Waals surface area contributed by atoms with Crippen LogP contribution in [0.1, 0.15) is 5.56 Å². The van der Waals surface area contributed by atoms with Gasteiger partial charge in [0.05, 0.1) is 27.4 Å². The van der Waals surface area contributed by atoms with E-state index >= 15 is 0 Å². The summed E-state index contributed by atoms with van der Waals surface area (Å²) in [7, 11) is -8.08. The van der Waals surface area contributed by atoms with Crippen LogP contribution in [0.2, 0.25) is 5.02 Å². The number of hydrogen-bond donors (Lipinski definition) is 2. The lowest BCUT2D eigenvalue weighted by Crippen LogP contribution is -2.37. The monoisotopic (exact) mass is 639 g/mol. The molecule has 15 heteroatoms. The molecule has 0 fully saturated rings. The van der Waals surface area contributed by atoms with Crippen molar-refractivity contribution >= 4 is 70.5 Å².